The standard InChI is InChI=1S/C11H13NO2/c13-10(8-4-2-1-3-5-8)11(14)12-9-6-7-9/h1-5,9-10,13H,6-7H2,(H,12,14). The van der Waals surface area contributed by atoms with Crippen LogP contribution in [0.3, 0.4) is 0 Å². The third-order valence-electron chi connectivity index (χ3n) is 2.29. The molecule has 1 aromatic carbocycles. The van der Waals surface area contributed by atoms with Crippen molar-refractivity contribution in [2.45, 2.75) is 25.0 Å². The number of hydrogen-bond donors (Lipinski definition) is 2. The van der Waals surface area contributed by atoms with E-state index in [1.54, 1.807) is 12.1 Å². The molecule has 0 heterocycles. The monoisotopic (exact) mass is 191 g/mol. The Kier molecular flexibility index (Phi) is 2.50. The lowest BCUT2D eigenvalue weighted by atomic mass is 10.1. The quantitative estimate of drug-likeness (QED) is 0.748. The summed E-state index contributed by atoms with van der Waals surface area (Å²) in [6.07, 6.45) is 1.04. The Morgan fingerprint density at radius 3 is 2.57 bits per heavy atom. The molecule has 14 heavy (non-hydrogen) atoms. The molecule has 3 heteroatoms. The summed E-state index contributed by atoms with van der Waals surface area (Å²) in [6, 6.07) is 9.26. The molecule has 1 atom stereocenters. The van der Waals surface area contributed by atoms with E-state index in [0.717, 1.165) is 12.8 Å². The van der Waals surface area contributed by atoms with Crippen LogP contribution in [0, 0.1) is 0 Å². The summed E-state index contributed by atoms with van der Waals surface area (Å²) in [5, 5.41) is 12.4. The van der Waals surface area contributed by atoms with Crippen LogP contribution >= 0.6 is 0 Å². The minimum atomic E-state index is -1.03. The summed E-state index contributed by atoms with van der Waals surface area (Å²) in [5.41, 5.74) is 0.644. The van der Waals surface area contributed by atoms with Crippen molar-refractivity contribution in [3.63, 3.8) is 0 Å². The highest BCUT2D eigenvalue weighted by Gasteiger charge is 2.26. The molecule has 3 nitrogen and oxygen atoms in total. The molecule has 1 unspecified atom stereocenters. The fourth-order valence-electron chi connectivity index (χ4n) is 1.29. The van der Waals surface area contributed by atoms with Crippen molar-refractivity contribution in [1.82, 2.24) is 5.32 Å². The molecular weight excluding hydrogens is 178 g/mol. The number of rotatable bonds is 3. The Hall–Kier alpha value is -1.35. The Morgan fingerprint density at radius 1 is 1.36 bits per heavy atom. The molecule has 2 rings (SSSR count). The van der Waals surface area contributed by atoms with Crippen molar-refractivity contribution in [2.24, 2.45) is 0 Å². The number of nitrogens with one attached hydrogen (secondary N) is 1. The average Bonchev–Trinajstić information content (AvgIpc) is 3.02. The maximum absolute atomic E-state index is 11.4. The summed E-state index contributed by atoms with van der Waals surface area (Å²) < 4.78 is 0. The topological polar surface area (TPSA) is 49.3 Å². The molecule has 1 amide bonds. The highest BCUT2D eigenvalue weighted by atomic mass is 16.3. The van der Waals surface area contributed by atoms with E-state index < -0.39 is 6.10 Å². The second kappa shape index (κ2) is 3.80. The van der Waals surface area contributed by atoms with Gasteiger partial charge in [0.05, 0.1) is 0 Å². The van der Waals surface area contributed by atoms with Crippen molar-refractivity contribution < 1.29 is 9.90 Å². The van der Waals surface area contributed by atoms with Crippen molar-refractivity contribution in [3.8, 4) is 0 Å². The number of hydrogen-bond acceptors (Lipinski definition) is 2. The molecule has 74 valence electrons. The fraction of sp³-hybridized carbons (Fsp3) is 0.364. The molecule has 0 radical (unpaired) electrons. The zero-order valence-corrected chi connectivity index (χ0v) is 7.81. The van der Waals surface area contributed by atoms with Crippen LogP contribution < -0.4 is 5.32 Å². The molecular formula is C11H13NO2. The van der Waals surface area contributed by atoms with E-state index in [4.69, 9.17) is 0 Å². The number of amides is 1. The van der Waals surface area contributed by atoms with E-state index in [1.165, 1.54) is 0 Å². The van der Waals surface area contributed by atoms with Gasteiger partial charge in [0.25, 0.3) is 5.91 Å². The lowest BCUT2D eigenvalue weighted by molar-refractivity contribution is -0.129. The van der Waals surface area contributed by atoms with Crippen molar-refractivity contribution in [1.29, 1.82) is 0 Å². The van der Waals surface area contributed by atoms with E-state index in [9.17, 15) is 9.90 Å². The van der Waals surface area contributed by atoms with Crippen LogP contribution in [0.1, 0.15) is 24.5 Å². The van der Waals surface area contributed by atoms with Gasteiger partial charge in [0, 0.05) is 6.04 Å². The summed E-state index contributed by atoms with van der Waals surface area (Å²) in [6.45, 7) is 0. The summed E-state index contributed by atoms with van der Waals surface area (Å²) >= 11 is 0. The van der Waals surface area contributed by atoms with Gasteiger partial charge in [0.15, 0.2) is 6.10 Å². The van der Waals surface area contributed by atoms with Crippen LogP contribution in [0.25, 0.3) is 0 Å². The first-order chi connectivity index (χ1) is 6.77. The Balaban J connectivity index is 1.99. The van der Waals surface area contributed by atoms with Gasteiger partial charge in [-0.3, -0.25) is 4.79 Å². The number of aliphatic hydroxyl groups is 1. The zero-order chi connectivity index (χ0) is 9.97. The van der Waals surface area contributed by atoms with Gasteiger partial charge >= 0.3 is 0 Å². The van der Waals surface area contributed by atoms with Gasteiger partial charge in [-0.2, -0.15) is 0 Å². The maximum atomic E-state index is 11.4. The Labute approximate surface area is 82.8 Å². The third-order valence-corrected chi connectivity index (χ3v) is 2.29. The molecule has 1 fully saturated rings. The molecule has 1 aliphatic rings. The first kappa shape index (κ1) is 9.21. The van der Waals surface area contributed by atoms with Crippen LogP contribution in [0.2, 0.25) is 0 Å². The van der Waals surface area contributed by atoms with Crippen molar-refractivity contribution >= 4 is 5.91 Å². The van der Waals surface area contributed by atoms with Gasteiger partial charge in [-0.15, -0.1) is 0 Å². The summed E-state index contributed by atoms with van der Waals surface area (Å²) in [7, 11) is 0. The lowest BCUT2D eigenvalue weighted by Gasteiger charge is -2.10. The predicted octanol–water partition coefficient (Wildman–Crippen LogP) is 0.999. The Morgan fingerprint density at radius 2 is 2.00 bits per heavy atom. The summed E-state index contributed by atoms with van der Waals surface area (Å²) in [5.74, 6) is -0.293. The van der Waals surface area contributed by atoms with Crippen LogP contribution in [0.15, 0.2) is 30.3 Å². The normalized spacial score (nSPS) is 17.5. The maximum Gasteiger partial charge on any atom is 0.253 e. The second-order valence-corrected chi connectivity index (χ2v) is 3.60. The number of carbonyl (C=O) groups excluding carboxylic acids is 1. The molecule has 0 spiro atoms. The number of benzene rings is 1. The first-order valence-electron chi connectivity index (χ1n) is 4.81. The minimum Gasteiger partial charge on any atom is -0.378 e. The first-order valence-corrected chi connectivity index (χ1v) is 4.81. The molecule has 0 aromatic heterocycles. The van der Waals surface area contributed by atoms with Gasteiger partial charge in [-0.1, -0.05) is 30.3 Å². The van der Waals surface area contributed by atoms with E-state index in [1.807, 2.05) is 18.2 Å². The van der Waals surface area contributed by atoms with Crippen LogP contribution in [-0.2, 0) is 4.79 Å². The highest BCUT2D eigenvalue weighted by Crippen LogP contribution is 2.20. The van der Waals surface area contributed by atoms with Crippen LogP contribution in [0.5, 0.6) is 0 Å². The van der Waals surface area contributed by atoms with Crippen molar-refractivity contribution in [2.75, 3.05) is 0 Å². The molecule has 0 saturated heterocycles. The van der Waals surface area contributed by atoms with Crippen LogP contribution in [0.4, 0.5) is 0 Å². The average molecular weight is 191 g/mol. The smallest absolute Gasteiger partial charge is 0.253 e. The summed E-state index contributed by atoms with van der Waals surface area (Å²) in [4.78, 5) is 11.4. The fourth-order valence-corrected chi connectivity index (χ4v) is 1.29. The largest absolute Gasteiger partial charge is 0.378 e. The molecule has 0 bridgehead atoms. The van der Waals surface area contributed by atoms with Crippen LogP contribution in [-0.4, -0.2) is 17.1 Å². The third kappa shape index (κ3) is 2.12. The van der Waals surface area contributed by atoms with E-state index in [2.05, 4.69) is 5.32 Å². The molecule has 2 N–H and O–H groups in total. The van der Waals surface area contributed by atoms with Gasteiger partial charge in [0.1, 0.15) is 0 Å². The van der Waals surface area contributed by atoms with E-state index >= 15 is 0 Å². The predicted molar refractivity (Wildman–Crippen MR) is 52.6 cm³/mol. The van der Waals surface area contributed by atoms with Gasteiger partial charge in [-0.25, -0.2) is 0 Å². The van der Waals surface area contributed by atoms with Gasteiger partial charge in [0.2, 0.25) is 0 Å². The minimum absolute atomic E-state index is 0.292. The van der Waals surface area contributed by atoms with Crippen molar-refractivity contribution in [3.05, 3.63) is 35.9 Å². The van der Waals surface area contributed by atoms with Gasteiger partial charge < -0.3 is 10.4 Å². The molecule has 1 saturated carbocycles. The molecule has 0 aliphatic heterocycles. The van der Waals surface area contributed by atoms with E-state index in [-0.39, 0.29) is 5.91 Å². The van der Waals surface area contributed by atoms with Gasteiger partial charge in [-0.05, 0) is 18.4 Å². The lowest BCUT2D eigenvalue weighted by Crippen LogP contribution is -2.30. The zero-order valence-electron chi connectivity index (χ0n) is 7.81. The Bertz CT molecular complexity index is 319. The SMILES string of the molecule is O=C(NC1CC1)C(O)c1ccccc1. The van der Waals surface area contributed by atoms with E-state index in [0.29, 0.717) is 11.6 Å². The number of carbonyl (C=O) groups is 1. The second-order valence-electron chi connectivity index (χ2n) is 3.60. The molecule has 1 aliphatic carbocycles. The highest BCUT2D eigenvalue weighted by molar-refractivity contribution is 5.82. The number of aliphatic hydroxyl groups excluding tert-OH is 1. The molecule has 1 aromatic rings.